The maximum absolute atomic E-state index is 13.1. The van der Waals surface area contributed by atoms with E-state index in [0.29, 0.717) is 28.6 Å². The first-order valence-electron chi connectivity index (χ1n) is 9.93. The van der Waals surface area contributed by atoms with Crippen molar-refractivity contribution in [2.75, 3.05) is 20.8 Å². The Kier molecular flexibility index (Phi) is 6.14. The number of hydrogen-bond donors (Lipinski definition) is 2. The van der Waals surface area contributed by atoms with Gasteiger partial charge in [-0.2, -0.15) is 0 Å². The average molecular weight is 435 g/mol. The molecule has 4 rings (SSSR count). The number of benzene rings is 3. The van der Waals surface area contributed by atoms with Crippen molar-refractivity contribution in [2.45, 2.75) is 5.92 Å². The number of carbonyl (C=O) groups excluding carboxylic acids is 1. The number of aromatic nitrogens is 1. The van der Waals surface area contributed by atoms with Crippen molar-refractivity contribution in [1.29, 1.82) is 0 Å². The number of para-hydroxylation sites is 2. The van der Waals surface area contributed by atoms with Crippen LogP contribution in [0.3, 0.4) is 0 Å². The Labute approximate surface area is 186 Å². The minimum Gasteiger partial charge on any atom is -0.493 e. The predicted octanol–water partition coefficient (Wildman–Crippen LogP) is 5.40. The number of nitrogens with one attached hydrogen (secondary N) is 2. The number of methoxy groups -OCH3 is 2. The fourth-order valence-corrected chi connectivity index (χ4v) is 4.15. The monoisotopic (exact) mass is 434 g/mol. The molecule has 1 heterocycles. The maximum Gasteiger partial charge on any atom is 0.255 e. The van der Waals surface area contributed by atoms with Crippen LogP contribution in [0.5, 0.6) is 11.5 Å². The van der Waals surface area contributed by atoms with Crippen LogP contribution in [0.4, 0.5) is 0 Å². The van der Waals surface area contributed by atoms with E-state index in [1.165, 1.54) is 7.11 Å². The van der Waals surface area contributed by atoms with E-state index >= 15 is 0 Å². The highest BCUT2D eigenvalue weighted by atomic mass is 35.5. The van der Waals surface area contributed by atoms with Crippen molar-refractivity contribution in [2.24, 2.45) is 0 Å². The van der Waals surface area contributed by atoms with E-state index in [0.717, 1.165) is 22.0 Å². The summed E-state index contributed by atoms with van der Waals surface area (Å²) in [6.07, 6.45) is 1.98. The summed E-state index contributed by atoms with van der Waals surface area (Å²) in [6.45, 7) is 0.366. The lowest BCUT2D eigenvalue weighted by Gasteiger charge is -2.20. The summed E-state index contributed by atoms with van der Waals surface area (Å²) >= 11 is 6.55. The van der Waals surface area contributed by atoms with Crippen LogP contribution >= 0.6 is 11.6 Å². The van der Waals surface area contributed by atoms with Crippen LogP contribution in [0.1, 0.15) is 27.4 Å². The number of carbonyl (C=O) groups is 1. The van der Waals surface area contributed by atoms with Crippen molar-refractivity contribution < 1.29 is 14.3 Å². The molecule has 3 aromatic carbocycles. The average Bonchev–Trinajstić information content (AvgIpc) is 3.23. The number of hydrogen-bond acceptors (Lipinski definition) is 3. The molecule has 5 nitrogen and oxygen atoms in total. The lowest BCUT2D eigenvalue weighted by molar-refractivity contribution is 0.0948. The molecule has 0 bridgehead atoms. The smallest absolute Gasteiger partial charge is 0.255 e. The lowest BCUT2D eigenvalue weighted by Crippen LogP contribution is -2.29. The molecule has 1 unspecified atom stereocenters. The third kappa shape index (κ3) is 4.09. The van der Waals surface area contributed by atoms with Crippen molar-refractivity contribution in [3.05, 3.63) is 94.6 Å². The second-order valence-corrected chi connectivity index (χ2v) is 7.52. The number of ether oxygens (including phenoxy) is 2. The largest absolute Gasteiger partial charge is 0.493 e. The highest BCUT2D eigenvalue weighted by Gasteiger charge is 2.23. The van der Waals surface area contributed by atoms with Gasteiger partial charge < -0.3 is 19.8 Å². The van der Waals surface area contributed by atoms with Gasteiger partial charge in [-0.25, -0.2) is 0 Å². The van der Waals surface area contributed by atoms with Gasteiger partial charge in [0.05, 0.1) is 19.8 Å². The van der Waals surface area contributed by atoms with Gasteiger partial charge in [-0.3, -0.25) is 4.79 Å². The third-order valence-electron chi connectivity index (χ3n) is 5.39. The zero-order valence-corrected chi connectivity index (χ0v) is 18.1. The van der Waals surface area contributed by atoms with Crippen LogP contribution in [0.15, 0.2) is 72.9 Å². The Morgan fingerprint density at radius 2 is 1.74 bits per heavy atom. The Morgan fingerprint density at radius 3 is 2.52 bits per heavy atom. The van der Waals surface area contributed by atoms with Crippen LogP contribution in [0.25, 0.3) is 10.9 Å². The van der Waals surface area contributed by atoms with E-state index in [2.05, 4.69) is 16.4 Å². The van der Waals surface area contributed by atoms with Gasteiger partial charge >= 0.3 is 0 Å². The topological polar surface area (TPSA) is 63.3 Å². The zero-order chi connectivity index (χ0) is 21.8. The van der Waals surface area contributed by atoms with E-state index < -0.39 is 0 Å². The molecule has 0 radical (unpaired) electrons. The lowest BCUT2D eigenvalue weighted by atomic mass is 9.90. The Bertz CT molecular complexity index is 1220. The molecule has 0 aliphatic carbocycles. The second-order valence-electron chi connectivity index (χ2n) is 7.11. The first kappa shape index (κ1) is 20.8. The molecule has 1 atom stereocenters. The van der Waals surface area contributed by atoms with Crippen molar-refractivity contribution in [1.82, 2.24) is 10.3 Å². The number of fused-ring (bicyclic) bond motifs is 1. The fraction of sp³-hybridized carbons (Fsp3) is 0.160. The molecule has 0 spiro atoms. The van der Waals surface area contributed by atoms with Gasteiger partial charge in [-0.15, -0.1) is 0 Å². The van der Waals surface area contributed by atoms with Gasteiger partial charge in [-0.1, -0.05) is 54.1 Å². The van der Waals surface area contributed by atoms with Crippen molar-refractivity contribution >= 4 is 28.4 Å². The molecule has 1 aromatic heterocycles. The van der Waals surface area contributed by atoms with E-state index in [1.807, 2.05) is 48.7 Å². The number of halogens is 1. The first-order valence-corrected chi connectivity index (χ1v) is 10.3. The van der Waals surface area contributed by atoms with Gasteiger partial charge in [0.1, 0.15) is 0 Å². The molecule has 158 valence electrons. The summed E-state index contributed by atoms with van der Waals surface area (Å²) in [5.74, 6) is 0.538. The quantitative estimate of drug-likeness (QED) is 0.409. The van der Waals surface area contributed by atoms with Crippen LogP contribution in [0.2, 0.25) is 5.02 Å². The van der Waals surface area contributed by atoms with Gasteiger partial charge in [0.25, 0.3) is 5.91 Å². The summed E-state index contributed by atoms with van der Waals surface area (Å²) in [5.41, 5.74) is 3.47. The normalized spacial score (nSPS) is 11.8. The zero-order valence-electron chi connectivity index (χ0n) is 17.3. The summed E-state index contributed by atoms with van der Waals surface area (Å²) in [4.78, 5) is 16.4. The number of amides is 1. The number of aromatic amines is 1. The molecule has 0 saturated heterocycles. The molecule has 0 saturated carbocycles. The molecule has 1 amide bonds. The van der Waals surface area contributed by atoms with Crippen LogP contribution in [0, 0.1) is 0 Å². The standard InChI is InChI=1S/C25H23ClN2O3/c1-30-23-13-7-10-18(24(23)31-2)25(29)28-15-19(16-8-3-5-11-21(16)26)20-14-27-22-12-6-4-9-17(20)22/h3-14,19,27H,15H2,1-2H3,(H,28,29). The minimum absolute atomic E-state index is 0.134. The Hall–Kier alpha value is -3.44. The second kappa shape index (κ2) is 9.14. The molecule has 4 aromatic rings. The van der Waals surface area contributed by atoms with E-state index in [1.54, 1.807) is 25.3 Å². The summed E-state index contributed by atoms with van der Waals surface area (Å²) in [6, 6.07) is 21.0. The molecule has 6 heteroatoms. The van der Waals surface area contributed by atoms with E-state index in [-0.39, 0.29) is 11.8 Å². The molecular weight excluding hydrogens is 412 g/mol. The molecule has 0 aliphatic rings. The summed E-state index contributed by atoms with van der Waals surface area (Å²) in [5, 5.41) is 4.81. The number of H-pyrrole nitrogens is 1. The maximum atomic E-state index is 13.1. The minimum atomic E-state index is -0.243. The van der Waals surface area contributed by atoms with Crippen molar-refractivity contribution in [3.63, 3.8) is 0 Å². The first-order chi connectivity index (χ1) is 15.1. The highest BCUT2D eigenvalue weighted by Crippen LogP contribution is 2.35. The molecule has 31 heavy (non-hydrogen) atoms. The summed E-state index contributed by atoms with van der Waals surface area (Å²) in [7, 11) is 3.07. The van der Waals surface area contributed by atoms with Gasteiger partial charge in [0.15, 0.2) is 11.5 Å². The van der Waals surface area contributed by atoms with Crippen LogP contribution in [-0.2, 0) is 0 Å². The Morgan fingerprint density at radius 1 is 0.968 bits per heavy atom. The SMILES string of the molecule is COc1cccc(C(=O)NCC(c2ccccc2Cl)c2c[nH]c3ccccc23)c1OC. The molecular formula is C25H23ClN2O3. The van der Waals surface area contributed by atoms with Crippen LogP contribution in [-0.4, -0.2) is 31.7 Å². The van der Waals surface area contributed by atoms with Crippen molar-refractivity contribution in [3.8, 4) is 11.5 Å². The molecule has 2 N–H and O–H groups in total. The van der Waals surface area contributed by atoms with Crippen LogP contribution < -0.4 is 14.8 Å². The van der Waals surface area contributed by atoms with E-state index in [4.69, 9.17) is 21.1 Å². The fourth-order valence-electron chi connectivity index (χ4n) is 3.88. The highest BCUT2D eigenvalue weighted by molar-refractivity contribution is 6.31. The van der Waals surface area contributed by atoms with Gasteiger partial charge in [0.2, 0.25) is 0 Å². The number of rotatable bonds is 7. The molecule has 0 aliphatic heterocycles. The van der Waals surface area contributed by atoms with E-state index in [9.17, 15) is 4.79 Å². The third-order valence-corrected chi connectivity index (χ3v) is 5.74. The summed E-state index contributed by atoms with van der Waals surface area (Å²) < 4.78 is 10.7. The van der Waals surface area contributed by atoms with Gasteiger partial charge in [-0.05, 0) is 35.4 Å². The van der Waals surface area contributed by atoms with Gasteiger partial charge in [0, 0.05) is 34.6 Å². The Balaban J connectivity index is 1.68. The molecule has 0 fully saturated rings. The predicted molar refractivity (Wildman–Crippen MR) is 123 cm³/mol.